The zero-order valence-electron chi connectivity index (χ0n) is 13.1. The Morgan fingerprint density at radius 1 is 1.09 bits per heavy atom. The van der Waals surface area contributed by atoms with Crippen molar-refractivity contribution in [2.24, 2.45) is 0 Å². The smallest absolute Gasteiger partial charge is 0.339 e. The predicted octanol–water partition coefficient (Wildman–Crippen LogP) is 3.55. The van der Waals surface area contributed by atoms with Gasteiger partial charge in [0.1, 0.15) is 16.3 Å². The largest absolute Gasteiger partial charge is 0.496 e. The van der Waals surface area contributed by atoms with Crippen LogP contribution in [0, 0.1) is 27.7 Å². The molecule has 0 bridgehead atoms. The minimum Gasteiger partial charge on any atom is -0.496 e. The van der Waals surface area contributed by atoms with Crippen molar-refractivity contribution in [1.82, 2.24) is 10.2 Å². The number of hydrogen-bond donors (Lipinski definition) is 0. The highest BCUT2D eigenvalue weighted by Crippen LogP contribution is 2.40. The lowest BCUT2D eigenvalue weighted by atomic mass is 9.99. The molecule has 3 rings (SSSR count). The molecule has 0 atom stereocenters. The molecular weight excluding hydrogens is 300 g/mol. The van der Waals surface area contributed by atoms with Gasteiger partial charge in [-0.15, -0.1) is 10.2 Å². The Labute approximate surface area is 131 Å². The van der Waals surface area contributed by atoms with Gasteiger partial charge in [0, 0.05) is 16.5 Å². The van der Waals surface area contributed by atoms with Crippen molar-refractivity contribution >= 4 is 22.3 Å². The Morgan fingerprint density at radius 3 is 2.41 bits per heavy atom. The Morgan fingerprint density at radius 2 is 1.82 bits per heavy atom. The fraction of sp³-hybridized carbons (Fsp3) is 0.312. The number of aryl methyl sites for hydroxylation is 3. The second-order valence-electron chi connectivity index (χ2n) is 5.22. The predicted molar refractivity (Wildman–Crippen MR) is 86.9 cm³/mol. The molecule has 0 unspecified atom stereocenters. The van der Waals surface area contributed by atoms with Gasteiger partial charge < -0.3 is 9.15 Å². The van der Waals surface area contributed by atoms with Crippen LogP contribution >= 0.6 is 11.3 Å². The molecule has 0 spiro atoms. The van der Waals surface area contributed by atoms with Crippen LogP contribution < -0.4 is 10.4 Å². The average Bonchev–Trinajstić information content (AvgIpc) is 2.90. The molecule has 3 aromatic rings. The molecule has 0 saturated heterocycles. The lowest BCUT2D eigenvalue weighted by molar-refractivity contribution is 0.413. The molecule has 114 valence electrons. The molecule has 0 aliphatic rings. The summed E-state index contributed by atoms with van der Waals surface area (Å²) in [5, 5.41) is 10.8. The first-order valence-electron chi connectivity index (χ1n) is 6.86. The van der Waals surface area contributed by atoms with Crippen LogP contribution in [0.2, 0.25) is 0 Å². The van der Waals surface area contributed by atoms with E-state index < -0.39 is 0 Å². The third-order valence-corrected chi connectivity index (χ3v) is 4.76. The fourth-order valence-electron chi connectivity index (χ4n) is 2.66. The Kier molecular flexibility index (Phi) is 3.48. The highest BCUT2D eigenvalue weighted by molar-refractivity contribution is 7.14. The van der Waals surface area contributed by atoms with E-state index in [0.717, 1.165) is 37.8 Å². The third kappa shape index (κ3) is 2.11. The molecule has 0 fully saturated rings. The Bertz CT molecular complexity index is 941. The summed E-state index contributed by atoms with van der Waals surface area (Å²) < 4.78 is 11.1. The first-order chi connectivity index (χ1) is 10.4. The highest BCUT2D eigenvalue weighted by atomic mass is 32.1. The van der Waals surface area contributed by atoms with Crippen LogP contribution in [-0.2, 0) is 0 Å². The van der Waals surface area contributed by atoms with E-state index >= 15 is 0 Å². The standard InChI is InChI=1S/C16H16N2O3S/c1-7-8(2)16(19)21-12-6-11(15-18-17-10(4)22-15)14(20-5)9(3)13(7)12/h6H,1-5H3. The van der Waals surface area contributed by atoms with Gasteiger partial charge in [0.05, 0.1) is 12.7 Å². The SMILES string of the molecule is COc1c(-c2nnc(C)s2)cc2oc(=O)c(C)c(C)c2c1C. The molecule has 0 saturated carbocycles. The molecular formula is C16H16N2O3S. The molecule has 0 aliphatic carbocycles. The summed E-state index contributed by atoms with van der Waals surface area (Å²) in [6.45, 7) is 7.56. The Hall–Kier alpha value is -2.21. The van der Waals surface area contributed by atoms with E-state index in [1.807, 2.05) is 26.8 Å². The first kappa shape index (κ1) is 14.7. The van der Waals surface area contributed by atoms with E-state index in [4.69, 9.17) is 9.15 Å². The van der Waals surface area contributed by atoms with Gasteiger partial charge in [-0.05, 0) is 39.3 Å². The van der Waals surface area contributed by atoms with Crippen LogP contribution in [0.25, 0.3) is 21.5 Å². The van der Waals surface area contributed by atoms with Crippen LogP contribution in [0.15, 0.2) is 15.3 Å². The molecule has 6 heteroatoms. The van der Waals surface area contributed by atoms with E-state index in [2.05, 4.69) is 10.2 Å². The van der Waals surface area contributed by atoms with Gasteiger partial charge in [-0.2, -0.15) is 0 Å². The molecule has 0 radical (unpaired) electrons. The lowest BCUT2D eigenvalue weighted by Crippen LogP contribution is -2.07. The maximum atomic E-state index is 11.9. The van der Waals surface area contributed by atoms with Crippen LogP contribution in [-0.4, -0.2) is 17.3 Å². The van der Waals surface area contributed by atoms with Crippen LogP contribution in [0.3, 0.4) is 0 Å². The molecule has 0 amide bonds. The second kappa shape index (κ2) is 5.21. The van der Waals surface area contributed by atoms with Crippen molar-refractivity contribution in [1.29, 1.82) is 0 Å². The summed E-state index contributed by atoms with van der Waals surface area (Å²) in [6.07, 6.45) is 0. The van der Waals surface area contributed by atoms with Gasteiger partial charge in [0.2, 0.25) is 0 Å². The van der Waals surface area contributed by atoms with Crippen molar-refractivity contribution in [3.63, 3.8) is 0 Å². The van der Waals surface area contributed by atoms with Crippen LogP contribution in [0.1, 0.15) is 21.7 Å². The van der Waals surface area contributed by atoms with Crippen molar-refractivity contribution in [3.05, 3.63) is 38.2 Å². The molecule has 5 nitrogen and oxygen atoms in total. The van der Waals surface area contributed by atoms with E-state index in [9.17, 15) is 4.79 Å². The molecule has 1 aromatic carbocycles. The van der Waals surface area contributed by atoms with E-state index in [1.165, 1.54) is 11.3 Å². The van der Waals surface area contributed by atoms with Gasteiger partial charge in [0.25, 0.3) is 0 Å². The minimum atomic E-state index is -0.311. The van der Waals surface area contributed by atoms with Gasteiger partial charge >= 0.3 is 5.63 Å². The summed E-state index contributed by atoms with van der Waals surface area (Å²) >= 11 is 1.48. The molecule has 2 aromatic heterocycles. The number of rotatable bonds is 2. The number of hydrogen-bond acceptors (Lipinski definition) is 6. The number of benzene rings is 1. The summed E-state index contributed by atoms with van der Waals surface area (Å²) in [5.74, 6) is 0.736. The lowest BCUT2D eigenvalue weighted by Gasteiger charge is -2.14. The zero-order chi connectivity index (χ0) is 16.0. The maximum absolute atomic E-state index is 11.9. The maximum Gasteiger partial charge on any atom is 0.339 e. The van der Waals surface area contributed by atoms with Gasteiger partial charge in [-0.25, -0.2) is 4.79 Å². The van der Waals surface area contributed by atoms with Crippen LogP contribution in [0.4, 0.5) is 0 Å². The minimum absolute atomic E-state index is 0.311. The van der Waals surface area contributed by atoms with Gasteiger partial charge in [-0.3, -0.25) is 0 Å². The summed E-state index contributed by atoms with van der Waals surface area (Å²) in [4.78, 5) is 11.9. The van der Waals surface area contributed by atoms with Crippen LogP contribution in [0.5, 0.6) is 5.75 Å². The summed E-state index contributed by atoms with van der Waals surface area (Å²) in [5.41, 5.74) is 3.51. The quantitative estimate of drug-likeness (QED) is 0.676. The first-order valence-corrected chi connectivity index (χ1v) is 7.67. The normalized spacial score (nSPS) is 11.1. The molecule has 0 aliphatic heterocycles. The molecule has 22 heavy (non-hydrogen) atoms. The summed E-state index contributed by atoms with van der Waals surface area (Å²) in [6, 6.07) is 1.81. The van der Waals surface area contributed by atoms with E-state index in [0.29, 0.717) is 11.1 Å². The Balaban J connectivity index is 2.45. The number of fused-ring (bicyclic) bond motifs is 1. The molecule has 0 N–H and O–H groups in total. The zero-order valence-corrected chi connectivity index (χ0v) is 13.9. The monoisotopic (exact) mass is 316 g/mol. The number of aromatic nitrogens is 2. The van der Waals surface area contributed by atoms with E-state index in [-0.39, 0.29) is 5.63 Å². The number of ether oxygens (including phenoxy) is 1. The van der Waals surface area contributed by atoms with E-state index in [1.54, 1.807) is 14.0 Å². The second-order valence-corrected chi connectivity index (χ2v) is 6.40. The van der Waals surface area contributed by atoms with Gasteiger partial charge in [0.15, 0.2) is 5.01 Å². The summed E-state index contributed by atoms with van der Waals surface area (Å²) in [7, 11) is 1.63. The van der Waals surface area contributed by atoms with Crippen molar-refractivity contribution < 1.29 is 9.15 Å². The number of methoxy groups -OCH3 is 1. The van der Waals surface area contributed by atoms with Crippen molar-refractivity contribution in [2.75, 3.05) is 7.11 Å². The van der Waals surface area contributed by atoms with Crippen molar-refractivity contribution in [2.45, 2.75) is 27.7 Å². The van der Waals surface area contributed by atoms with Gasteiger partial charge in [-0.1, -0.05) is 11.3 Å². The van der Waals surface area contributed by atoms with Crippen molar-refractivity contribution in [3.8, 4) is 16.3 Å². The highest BCUT2D eigenvalue weighted by Gasteiger charge is 2.19. The topological polar surface area (TPSA) is 65.2 Å². The number of nitrogens with zero attached hydrogens (tertiary/aromatic N) is 2. The molecule has 2 heterocycles. The fourth-order valence-corrected chi connectivity index (χ4v) is 3.36. The third-order valence-electron chi connectivity index (χ3n) is 3.89. The average molecular weight is 316 g/mol.